The van der Waals surface area contributed by atoms with E-state index in [2.05, 4.69) is 23.6 Å². The first-order chi connectivity index (χ1) is 13.9. The molecule has 0 aliphatic heterocycles. The molecule has 0 bridgehead atoms. The van der Waals surface area contributed by atoms with Gasteiger partial charge in [0, 0.05) is 11.8 Å². The molecule has 0 saturated carbocycles. The van der Waals surface area contributed by atoms with E-state index in [9.17, 15) is 9.59 Å². The standard InChI is InChI=1S/C23H21NO3S2/c1-5-27-22(25)19-15(4)18-21(28-19)20(17-14(3)11-13(2)12-24(17)18)29-23(26)16-9-7-6-8-10-16/h6-12H,5H2,1-4H3. The molecule has 3 heterocycles. The molecule has 0 aliphatic rings. The van der Waals surface area contributed by atoms with E-state index in [1.165, 1.54) is 23.1 Å². The topological polar surface area (TPSA) is 47.8 Å². The zero-order chi connectivity index (χ0) is 20.7. The van der Waals surface area contributed by atoms with E-state index in [-0.39, 0.29) is 11.1 Å². The number of hydrogen-bond donors (Lipinski definition) is 0. The van der Waals surface area contributed by atoms with E-state index in [4.69, 9.17) is 4.74 Å². The molecule has 0 spiro atoms. The Morgan fingerprint density at radius 1 is 1.10 bits per heavy atom. The van der Waals surface area contributed by atoms with Gasteiger partial charge < -0.3 is 9.14 Å². The summed E-state index contributed by atoms with van der Waals surface area (Å²) in [7, 11) is 0. The van der Waals surface area contributed by atoms with Crippen molar-refractivity contribution in [3.05, 3.63) is 69.7 Å². The molecule has 29 heavy (non-hydrogen) atoms. The summed E-state index contributed by atoms with van der Waals surface area (Å²) in [6.07, 6.45) is 2.07. The van der Waals surface area contributed by atoms with Crippen LogP contribution in [0.1, 0.15) is 43.6 Å². The molecule has 4 nitrogen and oxygen atoms in total. The molecule has 148 valence electrons. The van der Waals surface area contributed by atoms with E-state index in [0.29, 0.717) is 17.0 Å². The Labute approximate surface area is 177 Å². The lowest BCUT2D eigenvalue weighted by molar-refractivity contribution is 0.0531. The number of nitrogens with zero attached hydrogens (tertiary/aromatic N) is 1. The molecule has 0 fully saturated rings. The van der Waals surface area contributed by atoms with Crippen LogP contribution < -0.4 is 0 Å². The minimum absolute atomic E-state index is 0.0105. The third-order valence-electron chi connectivity index (χ3n) is 4.83. The predicted molar refractivity (Wildman–Crippen MR) is 120 cm³/mol. The quantitative estimate of drug-likeness (QED) is 0.290. The van der Waals surface area contributed by atoms with Gasteiger partial charge in [-0.1, -0.05) is 36.4 Å². The third kappa shape index (κ3) is 3.36. The summed E-state index contributed by atoms with van der Waals surface area (Å²) in [4.78, 5) is 26.9. The van der Waals surface area contributed by atoms with Gasteiger partial charge in [-0.05, 0) is 56.1 Å². The number of thiophene rings is 1. The maximum atomic E-state index is 13.0. The summed E-state index contributed by atoms with van der Waals surface area (Å²) in [6.45, 7) is 8.19. The Bertz CT molecular complexity index is 1250. The second kappa shape index (κ2) is 7.69. The zero-order valence-electron chi connectivity index (χ0n) is 16.7. The summed E-state index contributed by atoms with van der Waals surface area (Å²) in [6, 6.07) is 11.4. The summed E-state index contributed by atoms with van der Waals surface area (Å²) in [5, 5.41) is -0.0105. The molecular formula is C23H21NO3S2. The number of hydrogen-bond acceptors (Lipinski definition) is 5. The highest BCUT2D eigenvalue weighted by molar-refractivity contribution is 8.14. The average Bonchev–Trinajstić information content (AvgIpc) is 3.18. The molecular weight excluding hydrogens is 402 g/mol. The number of thioether (sulfide) groups is 1. The highest BCUT2D eigenvalue weighted by Crippen LogP contribution is 2.44. The summed E-state index contributed by atoms with van der Waals surface area (Å²) < 4.78 is 8.32. The van der Waals surface area contributed by atoms with Crippen molar-refractivity contribution in [2.24, 2.45) is 0 Å². The minimum atomic E-state index is -0.310. The number of pyridine rings is 1. The highest BCUT2D eigenvalue weighted by Gasteiger charge is 2.26. The Kier molecular flexibility index (Phi) is 5.23. The van der Waals surface area contributed by atoms with Crippen molar-refractivity contribution >= 4 is 49.9 Å². The monoisotopic (exact) mass is 423 g/mol. The van der Waals surface area contributed by atoms with Crippen LogP contribution in [0, 0.1) is 20.8 Å². The number of fused-ring (bicyclic) bond motifs is 3. The molecule has 0 amide bonds. The van der Waals surface area contributed by atoms with Crippen LogP contribution in [-0.2, 0) is 4.74 Å². The molecule has 1 aromatic carbocycles. The van der Waals surface area contributed by atoms with Crippen LogP contribution >= 0.6 is 23.1 Å². The third-order valence-corrected chi connectivity index (χ3v) is 7.26. The van der Waals surface area contributed by atoms with Crippen molar-refractivity contribution in [3.8, 4) is 0 Å². The molecule has 4 rings (SSSR count). The van der Waals surface area contributed by atoms with Crippen LogP contribution in [0.2, 0.25) is 0 Å². The van der Waals surface area contributed by atoms with Gasteiger partial charge in [0.15, 0.2) is 0 Å². The lowest BCUT2D eigenvalue weighted by Crippen LogP contribution is -2.04. The van der Waals surface area contributed by atoms with Gasteiger partial charge in [0.05, 0.1) is 27.2 Å². The molecule has 6 heteroatoms. The number of carbonyl (C=O) groups is 2. The van der Waals surface area contributed by atoms with Crippen LogP contribution in [0.4, 0.5) is 0 Å². The Morgan fingerprint density at radius 3 is 2.52 bits per heavy atom. The van der Waals surface area contributed by atoms with Gasteiger partial charge in [0.1, 0.15) is 4.88 Å². The fraction of sp³-hybridized carbons (Fsp3) is 0.217. The zero-order valence-corrected chi connectivity index (χ0v) is 18.4. The fourth-order valence-electron chi connectivity index (χ4n) is 3.64. The van der Waals surface area contributed by atoms with Crippen molar-refractivity contribution in [1.29, 1.82) is 0 Å². The molecule has 0 radical (unpaired) electrons. The highest BCUT2D eigenvalue weighted by atomic mass is 32.2. The van der Waals surface area contributed by atoms with Gasteiger partial charge in [0.2, 0.25) is 5.12 Å². The Balaban J connectivity index is 1.96. The molecule has 0 atom stereocenters. The number of aryl methyl sites for hydroxylation is 3. The van der Waals surface area contributed by atoms with E-state index in [1.807, 2.05) is 44.2 Å². The van der Waals surface area contributed by atoms with Crippen molar-refractivity contribution in [2.45, 2.75) is 32.6 Å². The van der Waals surface area contributed by atoms with Crippen molar-refractivity contribution in [3.63, 3.8) is 0 Å². The Hall–Kier alpha value is -2.57. The lowest BCUT2D eigenvalue weighted by Gasteiger charge is -2.07. The van der Waals surface area contributed by atoms with Gasteiger partial charge >= 0.3 is 5.97 Å². The number of carbonyl (C=O) groups excluding carboxylic acids is 2. The van der Waals surface area contributed by atoms with Crippen molar-refractivity contribution in [2.75, 3.05) is 6.61 Å². The maximum Gasteiger partial charge on any atom is 0.348 e. The molecule has 0 aliphatic carbocycles. The maximum absolute atomic E-state index is 13.0. The first-order valence-electron chi connectivity index (χ1n) is 9.41. The van der Waals surface area contributed by atoms with Crippen LogP contribution in [-0.4, -0.2) is 22.1 Å². The smallest absolute Gasteiger partial charge is 0.348 e. The lowest BCUT2D eigenvalue weighted by atomic mass is 10.2. The van der Waals surface area contributed by atoms with Gasteiger partial charge in [-0.3, -0.25) is 4.79 Å². The van der Waals surface area contributed by atoms with E-state index in [1.54, 1.807) is 6.92 Å². The largest absolute Gasteiger partial charge is 0.462 e. The van der Waals surface area contributed by atoms with E-state index in [0.717, 1.165) is 37.3 Å². The van der Waals surface area contributed by atoms with E-state index >= 15 is 0 Å². The van der Waals surface area contributed by atoms with Crippen LogP contribution in [0.15, 0.2) is 47.5 Å². The van der Waals surface area contributed by atoms with Crippen molar-refractivity contribution in [1.82, 2.24) is 4.40 Å². The fourth-order valence-corrected chi connectivity index (χ4v) is 6.01. The van der Waals surface area contributed by atoms with Crippen molar-refractivity contribution < 1.29 is 14.3 Å². The van der Waals surface area contributed by atoms with Crippen LogP contribution in [0.25, 0.3) is 15.7 Å². The van der Waals surface area contributed by atoms with Gasteiger partial charge in [-0.25, -0.2) is 4.79 Å². The second-order valence-electron chi connectivity index (χ2n) is 6.96. The molecule has 0 saturated heterocycles. The van der Waals surface area contributed by atoms with Crippen LogP contribution in [0.3, 0.4) is 0 Å². The molecule has 3 aromatic heterocycles. The molecule has 4 aromatic rings. The SMILES string of the molecule is CCOC(=O)c1sc2c(SC(=O)c3ccccc3)c3c(C)cc(C)cn3c2c1C. The van der Waals surface area contributed by atoms with Gasteiger partial charge in [-0.15, -0.1) is 11.3 Å². The van der Waals surface area contributed by atoms with Gasteiger partial charge in [0.25, 0.3) is 0 Å². The van der Waals surface area contributed by atoms with E-state index < -0.39 is 0 Å². The number of esters is 1. The first-order valence-corrected chi connectivity index (χ1v) is 11.0. The van der Waals surface area contributed by atoms with Crippen LogP contribution in [0.5, 0.6) is 0 Å². The predicted octanol–water partition coefficient (Wildman–Crippen LogP) is 6.19. The Morgan fingerprint density at radius 2 is 1.83 bits per heavy atom. The average molecular weight is 424 g/mol. The summed E-state index contributed by atoms with van der Waals surface area (Å²) in [5.74, 6) is -0.310. The summed E-state index contributed by atoms with van der Waals surface area (Å²) >= 11 is 2.64. The number of benzene rings is 1. The second-order valence-corrected chi connectivity index (χ2v) is 8.96. The molecule has 0 N–H and O–H groups in total. The van der Waals surface area contributed by atoms with Gasteiger partial charge in [-0.2, -0.15) is 0 Å². The minimum Gasteiger partial charge on any atom is -0.462 e. The normalized spacial score (nSPS) is 11.3. The first kappa shape index (κ1) is 19.7. The molecule has 0 unspecified atom stereocenters. The number of rotatable bonds is 4. The summed E-state index contributed by atoms with van der Waals surface area (Å²) in [5.41, 5.74) is 5.78. The number of aromatic nitrogens is 1. The number of ether oxygens (including phenoxy) is 1.